The zero-order valence-corrected chi connectivity index (χ0v) is 37.8. The van der Waals surface area contributed by atoms with Crippen molar-refractivity contribution in [2.24, 2.45) is 0 Å². The van der Waals surface area contributed by atoms with Crippen LogP contribution in [0.15, 0.2) is 186 Å². The Labute approximate surface area is 387 Å². The zero-order valence-electron chi connectivity index (χ0n) is 37.8. The van der Waals surface area contributed by atoms with E-state index < -0.39 is 0 Å². The summed E-state index contributed by atoms with van der Waals surface area (Å²) >= 11 is 0. The molecule has 0 fully saturated rings. The van der Waals surface area contributed by atoms with Crippen LogP contribution in [0.4, 0.5) is 17.3 Å². The molecule has 0 aliphatic heterocycles. The molecule has 2 aromatic heterocycles. The topological polar surface area (TPSA) is 21.3 Å². The minimum atomic E-state index is -0.199. The molecule has 0 saturated carbocycles. The van der Waals surface area contributed by atoms with Gasteiger partial charge >= 0.3 is 0 Å². The monoisotopic (exact) mass is 852 g/mol. The number of aromatic nitrogens is 1. The molecular formula is C63H52N2O. The van der Waals surface area contributed by atoms with E-state index in [9.17, 15) is 0 Å². The van der Waals surface area contributed by atoms with Crippen molar-refractivity contribution in [2.45, 2.75) is 70.6 Å². The van der Waals surface area contributed by atoms with Gasteiger partial charge in [-0.2, -0.15) is 0 Å². The Morgan fingerprint density at radius 3 is 1.86 bits per heavy atom. The molecule has 13 rings (SSSR count). The van der Waals surface area contributed by atoms with Crippen LogP contribution in [0.25, 0.3) is 72.2 Å². The fourth-order valence-corrected chi connectivity index (χ4v) is 12.0. The molecule has 2 heterocycles. The molecule has 66 heavy (non-hydrogen) atoms. The van der Waals surface area contributed by atoms with Gasteiger partial charge in [0.25, 0.3) is 0 Å². The summed E-state index contributed by atoms with van der Waals surface area (Å²) in [4.78, 5) is 2.38. The highest BCUT2D eigenvalue weighted by molar-refractivity contribution is 6.10. The molecule has 320 valence electrons. The molecule has 0 radical (unpaired) electrons. The molecule has 0 spiro atoms. The van der Waals surface area contributed by atoms with E-state index in [0.717, 1.165) is 52.6 Å². The van der Waals surface area contributed by atoms with Gasteiger partial charge in [-0.05, 0) is 173 Å². The Balaban J connectivity index is 1.03. The molecular weight excluding hydrogens is 801 g/mol. The molecule has 3 aliphatic rings. The summed E-state index contributed by atoms with van der Waals surface area (Å²) in [6.45, 7) is 4.85. The van der Waals surface area contributed by atoms with Crippen molar-refractivity contribution in [2.75, 3.05) is 4.90 Å². The van der Waals surface area contributed by atoms with Gasteiger partial charge in [0.15, 0.2) is 0 Å². The summed E-state index contributed by atoms with van der Waals surface area (Å²) in [5.74, 6) is 1.63. The average Bonchev–Trinajstić information content (AvgIpc) is 4.05. The molecule has 0 bridgehead atoms. The zero-order chi connectivity index (χ0) is 43.9. The van der Waals surface area contributed by atoms with Crippen LogP contribution in [0.3, 0.4) is 0 Å². The number of para-hydroxylation sites is 2. The molecule has 0 saturated heterocycles. The summed E-state index contributed by atoms with van der Waals surface area (Å²) in [6, 6.07) is 67.1. The lowest BCUT2D eigenvalue weighted by atomic mass is 9.75. The van der Waals surface area contributed by atoms with Crippen molar-refractivity contribution in [1.82, 2.24) is 4.57 Å². The minimum Gasteiger partial charge on any atom is -0.440 e. The van der Waals surface area contributed by atoms with Crippen LogP contribution in [0, 0.1) is 0 Å². The maximum Gasteiger partial charge on any atom is 0.205 e. The first-order valence-electron chi connectivity index (χ1n) is 24.1. The number of benzene rings is 8. The average molecular weight is 853 g/mol. The quantitative estimate of drug-likeness (QED) is 0.159. The number of nitrogens with zero attached hydrogens (tertiary/aromatic N) is 2. The van der Waals surface area contributed by atoms with E-state index in [4.69, 9.17) is 4.42 Å². The van der Waals surface area contributed by atoms with Gasteiger partial charge in [0.1, 0.15) is 5.76 Å². The highest BCUT2D eigenvalue weighted by Crippen LogP contribution is 2.56. The fourth-order valence-electron chi connectivity index (χ4n) is 12.0. The van der Waals surface area contributed by atoms with Gasteiger partial charge in [-0.3, -0.25) is 4.90 Å². The first-order chi connectivity index (χ1) is 32.5. The van der Waals surface area contributed by atoms with Crippen LogP contribution in [0.1, 0.15) is 72.9 Å². The number of hydrogen-bond acceptors (Lipinski definition) is 2. The smallest absolute Gasteiger partial charge is 0.205 e. The van der Waals surface area contributed by atoms with Crippen LogP contribution in [0.2, 0.25) is 0 Å². The van der Waals surface area contributed by atoms with Gasteiger partial charge in [-0.25, -0.2) is 0 Å². The summed E-state index contributed by atoms with van der Waals surface area (Å²) in [7, 11) is 0. The van der Waals surface area contributed by atoms with Gasteiger partial charge < -0.3 is 8.98 Å². The predicted octanol–water partition coefficient (Wildman–Crippen LogP) is 16.9. The largest absolute Gasteiger partial charge is 0.440 e. The first-order valence-corrected chi connectivity index (χ1v) is 24.1. The summed E-state index contributed by atoms with van der Waals surface area (Å²) in [5.41, 5.74) is 23.7. The van der Waals surface area contributed by atoms with E-state index in [-0.39, 0.29) is 5.41 Å². The van der Waals surface area contributed by atoms with Crippen LogP contribution < -0.4 is 4.90 Å². The van der Waals surface area contributed by atoms with E-state index in [0.29, 0.717) is 0 Å². The van der Waals surface area contributed by atoms with Crippen molar-refractivity contribution in [3.8, 4) is 50.4 Å². The van der Waals surface area contributed by atoms with Gasteiger partial charge in [-0.15, -0.1) is 0 Å². The highest BCUT2D eigenvalue weighted by Gasteiger charge is 2.39. The summed E-state index contributed by atoms with van der Waals surface area (Å²) in [6.07, 6.45) is 9.66. The molecule has 8 aromatic carbocycles. The molecule has 0 unspecified atom stereocenters. The Kier molecular flexibility index (Phi) is 9.10. The fraction of sp³-hybridized carbons (Fsp3) is 0.175. The third kappa shape index (κ3) is 6.17. The van der Waals surface area contributed by atoms with Crippen molar-refractivity contribution in [1.29, 1.82) is 0 Å². The summed E-state index contributed by atoms with van der Waals surface area (Å²) < 4.78 is 9.58. The number of fused-ring (bicyclic) bond motifs is 8. The van der Waals surface area contributed by atoms with Crippen LogP contribution in [-0.4, -0.2) is 4.57 Å². The van der Waals surface area contributed by atoms with Crippen LogP contribution in [0.5, 0.6) is 0 Å². The first kappa shape index (κ1) is 39.0. The number of furan rings is 1. The third-order valence-corrected chi connectivity index (χ3v) is 15.2. The molecule has 0 amide bonds. The summed E-state index contributed by atoms with van der Waals surface area (Å²) in [5, 5.41) is 2.47. The lowest BCUT2D eigenvalue weighted by Gasteiger charge is -2.31. The van der Waals surface area contributed by atoms with Crippen LogP contribution in [-0.2, 0) is 31.1 Å². The molecule has 3 heteroatoms. The Morgan fingerprint density at radius 1 is 0.455 bits per heavy atom. The Bertz CT molecular complexity index is 3460. The van der Waals surface area contributed by atoms with Crippen molar-refractivity contribution < 1.29 is 4.42 Å². The van der Waals surface area contributed by atoms with Crippen molar-refractivity contribution >= 4 is 39.1 Å². The van der Waals surface area contributed by atoms with Gasteiger partial charge in [0.2, 0.25) is 5.88 Å². The standard InChI is InChI=1S/C63H52N2O/c1-63(2)55-27-15-13-26-53(55)62-54(61-49-23-11-9-19-43(49)37-44-20-10-12-24-50(44)61)39-48(40-56(62)63)64(47-32-29-42(30-33-47)41-17-5-3-6-18-41)60-36-35-59(66-60)45-31-34-52-51-25-14-16-28-57(51)65(58(52)38-45)46-21-7-4-8-22-46/h3-8,13-18,21-22,25-40H,9-12,19-20,23-24H2,1-2H3. The second kappa shape index (κ2) is 15.4. The predicted molar refractivity (Wildman–Crippen MR) is 275 cm³/mol. The normalized spacial score (nSPS) is 14.8. The van der Waals surface area contributed by atoms with Crippen LogP contribution >= 0.6 is 0 Å². The third-order valence-electron chi connectivity index (χ3n) is 15.2. The van der Waals surface area contributed by atoms with E-state index in [2.05, 4.69) is 205 Å². The van der Waals surface area contributed by atoms with E-state index in [1.807, 2.05) is 0 Å². The molecule has 0 N–H and O–H groups in total. The second-order valence-corrected chi connectivity index (χ2v) is 19.3. The van der Waals surface area contributed by atoms with Crippen molar-refractivity contribution in [3.05, 3.63) is 215 Å². The number of rotatable bonds is 7. The maximum atomic E-state index is 7.20. The lowest BCUT2D eigenvalue weighted by Crippen LogP contribution is -2.17. The second-order valence-electron chi connectivity index (χ2n) is 19.3. The molecule has 10 aromatic rings. The lowest BCUT2D eigenvalue weighted by molar-refractivity contribution is 0.588. The maximum absolute atomic E-state index is 7.20. The number of aryl methyl sites for hydroxylation is 2. The van der Waals surface area contributed by atoms with Gasteiger partial charge in [0, 0.05) is 39.2 Å². The van der Waals surface area contributed by atoms with Crippen molar-refractivity contribution in [3.63, 3.8) is 0 Å². The van der Waals surface area contributed by atoms with Gasteiger partial charge in [0.05, 0.1) is 16.7 Å². The Hall–Kier alpha value is -7.36. The van der Waals surface area contributed by atoms with E-state index in [1.165, 1.54) is 99.3 Å². The Morgan fingerprint density at radius 2 is 1.09 bits per heavy atom. The minimum absolute atomic E-state index is 0.199. The van der Waals surface area contributed by atoms with E-state index >= 15 is 0 Å². The number of hydrogen-bond donors (Lipinski definition) is 0. The van der Waals surface area contributed by atoms with Gasteiger partial charge in [-0.1, -0.05) is 135 Å². The SMILES string of the molecule is CC1(C)c2ccccc2-c2c(-c3c4c(cc5c3CCCC5)CCCC4)cc(N(c3ccc(-c4ccccc4)cc3)c3ccc(-c4ccc5c6ccccc6n(-c6ccccc6)c5c4)o3)cc21. The molecule has 3 nitrogen and oxygen atoms in total. The number of anilines is 3. The highest BCUT2D eigenvalue weighted by atomic mass is 16.4. The van der Waals surface area contributed by atoms with E-state index in [1.54, 1.807) is 22.3 Å². The molecule has 0 atom stereocenters. The molecule has 3 aliphatic carbocycles.